The third-order valence-corrected chi connectivity index (χ3v) is 4.94. The van der Waals surface area contributed by atoms with Gasteiger partial charge in [0.1, 0.15) is 0 Å². The number of nitrogens with zero attached hydrogens (tertiary/aromatic N) is 1. The van der Waals surface area contributed by atoms with Crippen LogP contribution in [0.25, 0.3) is 0 Å². The van der Waals surface area contributed by atoms with Crippen LogP contribution in [0.15, 0.2) is 24.3 Å². The second-order valence-corrected chi connectivity index (χ2v) is 6.54. The van der Waals surface area contributed by atoms with Crippen molar-refractivity contribution < 1.29 is 4.79 Å². The lowest BCUT2D eigenvalue weighted by atomic mass is 10.0. The molecule has 104 valence electrons. The van der Waals surface area contributed by atoms with E-state index in [0.29, 0.717) is 6.54 Å². The second-order valence-electron chi connectivity index (χ2n) is 5.25. The van der Waals surface area contributed by atoms with E-state index in [-0.39, 0.29) is 11.8 Å². The summed E-state index contributed by atoms with van der Waals surface area (Å²) in [7, 11) is 0. The van der Waals surface area contributed by atoms with Crippen LogP contribution in [0, 0.1) is 13.8 Å². The zero-order valence-corrected chi connectivity index (χ0v) is 12.6. The van der Waals surface area contributed by atoms with E-state index in [4.69, 9.17) is 0 Å². The summed E-state index contributed by atoms with van der Waals surface area (Å²) < 4.78 is 0. The average molecular weight is 286 g/mol. The lowest BCUT2D eigenvalue weighted by Gasteiger charge is -2.11. The summed E-state index contributed by atoms with van der Waals surface area (Å²) in [5.41, 5.74) is 3.54. The number of benzene rings is 1. The Morgan fingerprint density at radius 3 is 2.95 bits per heavy atom. The predicted molar refractivity (Wildman–Crippen MR) is 80.9 cm³/mol. The van der Waals surface area contributed by atoms with Gasteiger partial charge >= 0.3 is 0 Å². The molecule has 1 aromatic carbocycles. The number of fused-ring (bicyclic) bond motifs is 1. The minimum atomic E-state index is 0.0144. The summed E-state index contributed by atoms with van der Waals surface area (Å²) in [6.45, 7) is 4.58. The van der Waals surface area contributed by atoms with Crippen LogP contribution in [0.5, 0.6) is 0 Å². The number of aromatic nitrogens is 1. The Bertz CT molecular complexity index is 648. The first kappa shape index (κ1) is 13.3. The lowest BCUT2D eigenvalue weighted by molar-refractivity contribution is -0.122. The predicted octanol–water partition coefficient (Wildman–Crippen LogP) is 3.11. The quantitative estimate of drug-likeness (QED) is 0.942. The summed E-state index contributed by atoms with van der Waals surface area (Å²) in [6, 6.07) is 8.26. The molecule has 1 atom stereocenters. The molecule has 0 spiro atoms. The van der Waals surface area contributed by atoms with Gasteiger partial charge in [-0.2, -0.15) is 0 Å². The van der Waals surface area contributed by atoms with E-state index in [9.17, 15) is 4.79 Å². The Labute approximate surface area is 123 Å². The fourth-order valence-corrected chi connectivity index (χ4v) is 3.73. The standard InChI is InChI=1S/C16H18N2OS/c1-10-15(20-11(2)18-10)9-17-16(19)14-8-7-12-5-3-4-6-13(12)14/h3-6,14H,7-9H2,1-2H3,(H,17,19)/t14-/m0/s1. The molecule has 0 fully saturated rings. The van der Waals surface area contributed by atoms with Gasteiger partial charge in [-0.25, -0.2) is 4.98 Å². The van der Waals surface area contributed by atoms with Crippen LogP contribution in [0.1, 0.15) is 39.0 Å². The largest absolute Gasteiger partial charge is 0.351 e. The molecule has 1 amide bonds. The molecule has 4 heteroatoms. The van der Waals surface area contributed by atoms with Crippen molar-refractivity contribution in [1.82, 2.24) is 10.3 Å². The van der Waals surface area contributed by atoms with Gasteiger partial charge in [-0.3, -0.25) is 4.79 Å². The number of rotatable bonds is 3. The van der Waals surface area contributed by atoms with E-state index in [1.165, 1.54) is 11.1 Å². The summed E-state index contributed by atoms with van der Waals surface area (Å²) in [5, 5.41) is 4.12. The zero-order valence-electron chi connectivity index (χ0n) is 11.8. The van der Waals surface area contributed by atoms with Crippen LogP contribution in [-0.2, 0) is 17.8 Å². The Morgan fingerprint density at radius 1 is 1.40 bits per heavy atom. The van der Waals surface area contributed by atoms with Crippen molar-refractivity contribution in [3.05, 3.63) is 51.0 Å². The van der Waals surface area contributed by atoms with Gasteiger partial charge in [-0.05, 0) is 37.8 Å². The molecule has 0 unspecified atom stereocenters. The number of carbonyl (C=O) groups is 1. The molecule has 0 saturated heterocycles. The molecule has 0 bridgehead atoms. The molecular formula is C16H18N2OS. The first-order valence-electron chi connectivity index (χ1n) is 6.93. The molecule has 3 rings (SSSR count). The van der Waals surface area contributed by atoms with E-state index in [2.05, 4.69) is 22.4 Å². The van der Waals surface area contributed by atoms with E-state index >= 15 is 0 Å². The minimum Gasteiger partial charge on any atom is -0.351 e. The highest BCUT2D eigenvalue weighted by Crippen LogP contribution is 2.33. The number of hydrogen-bond acceptors (Lipinski definition) is 3. The molecule has 2 aromatic rings. The van der Waals surface area contributed by atoms with E-state index in [1.807, 2.05) is 26.0 Å². The van der Waals surface area contributed by atoms with E-state index in [1.54, 1.807) is 11.3 Å². The first-order valence-corrected chi connectivity index (χ1v) is 7.75. The molecule has 1 heterocycles. The maximum atomic E-state index is 12.4. The molecule has 1 aliphatic carbocycles. The summed E-state index contributed by atoms with van der Waals surface area (Å²) in [6.07, 6.45) is 1.93. The van der Waals surface area contributed by atoms with E-state index < -0.39 is 0 Å². The van der Waals surface area contributed by atoms with Crippen LogP contribution in [0.2, 0.25) is 0 Å². The second kappa shape index (κ2) is 5.37. The monoisotopic (exact) mass is 286 g/mol. The van der Waals surface area contributed by atoms with Gasteiger partial charge in [0.15, 0.2) is 0 Å². The normalized spacial score (nSPS) is 17.0. The van der Waals surface area contributed by atoms with Crippen molar-refractivity contribution in [2.75, 3.05) is 0 Å². The number of amides is 1. The summed E-state index contributed by atoms with van der Waals surface area (Å²) >= 11 is 1.66. The van der Waals surface area contributed by atoms with Crippen molar-refractivity contribution >= 4 is 17.2 Å². The van der Waals surface area contributed by atoms with Crippen molar-refractivity contribution in [2.24, 2.45) is 0 Å². The van der Waals surface area contributed by atoms with Crippen LogP contribution >= 0.6 is 11.3 Å². The van der Waals surface area contributed by atoms with E-state index in [0.717, 1.165) is 28.4 Å². The van der Waals surface area contributed by atoms with Crippen LogP contribution in [0.3, 0.4) is 0 Å². The Kier molecular flexibility index (Phi) is 3.57. The van der Waals surface area contributed by atoms with Gasteiger partial charge in [0.25, 0.3) is 0 Å². The van der Waals surface area contributed by atoms with Gasteiger partial charge in [-0.1, -0.05) is 24.3 Å². The smallest absolute Gasteiger partial charge is 0.227 e. The highest BCUT2D eigenvalue weighted by atomic mass is 32.1. The van der Waals surface area contributed by atoms with Crippen molar-refractivity contribution in [3.8, 4) is 0 Å². The molecule has 20 heavy (non-hydrogen) atoms. The van der Waals surface area contributed by atoms with Gasteiger partial charge in [0.05, 0.1) is 23.2 Å². The first-order chi connectivity index (χ1) is 9.65. The number of hydrogen-bond donors (Lipinski definition) is 1. The number of aryl methyl sites for hydroxylation is 3. The number of nitrogens with one attached hydrogen (secondary N) is 1. The van der Waals surface area contributed by atoms with Gasteiger partial charge < -0.3 is 5.32 Å². The maximum Gasteiger partial charge on any atom is 0.227 e. The van der Waals surface area contributed by atoms with Gasteiger partial charge in [-0.15, -0.1) is 11.3 Å². The summed E-state index contributed by atoms with van der Waals surface area (Å²) in [4.78, 5) is 17.9. The molecule has 0 radical (unpaired) electrons. The third-order valence-electron chi connectivity index (χ3n) is 3.87. The fraction of sp³-hybridized carbons (Fsp3) is 0.375. The topological polar surface area (TPSA) is 42.0 Å². The highest BCUT2D eigenvalue weighted by Gasteiger charge is 2.27. The molecule has 1 aromatic heterocycles. The van der Waals surface area contributed by atoms with Crippen molar-refractivity contribution in [2.45, 2.75) is 39.2 Å². The maximum absolute atomic E-state index is 12.4. The van der Waals surface area contributed by atoms with Crippen LogP contribution in [-0.4, -0.2) is 10.9 Å². The molecule has 0 saturated carbocycles. The Hall–Kier alpha value is -1.68. The highest BCUT2D eigenvalue weighted by molar-refractivity contribution is 7.11. The third kappa shape index (κ3) is 2.48. The van der Waals surface area contributed by atoms with Gasteiger partial charge in [0.2, 0.25) is 5.91 Å². The van der Waals surface area contributed by atoms with Crippen molar-refractivity contribution in [3.63, 3.8) is 0 Å². The molecular weight excluding hydrogens is 268 g/mol. The lowest BCUT2D eigenvalue weighted by Crippen LogP contribution is -2.27. The Morgan fingerprint density at radius 2 is 2.20 bits per heavy atom. The summed E-state index contributed by atoms with van der Waals surface area (Å²) in [5.74, 6) is 0.154. The van der Waals surface area contributed by atoms with Gasteiger partial charge in [0, 0.05) is 4.88 Å². The average Bonchev–Trinajstić information content (AvgIpc) is 2.99. The van der Waals surface area contributed by atoms with Crippen molar-refractivity contribution in [1.29, 1.82) is 0 Å². The number of thiazole rings is 1. The van der Waals surface area contributed by atoms with Crippen LogP contribution in [0.4, 0.5) is 0 Å². The molecule has 1 N–H and O–H groups in total. The SMILES string of the molecule is Cc1nc(C)c(CNC(=O)[C@H]2CCc3ccccc32)s1. The Balaban J connectivity index is 1.68. The molecule has 0 aliphatic heterocycles. The minimum absolute atomic E-state index is 0.0144. The zero-order chi connectivity index (χ0) is 14.1. The molecule has 3 nitrogen and oxygen atoms in total. The molecule has 1 aliphatic rings. The fourth-order valence-electron chi connectivity index (χ4n) is 2.86. The number of carbonyl (C=O) groups excluding carboxylic acids is 1. The van der Waals surface area contributed by atoms with Crippen LogP contribution < -0.4 is 5.32 Å².